The smallest absolute Gasteiger partial charge is 0.226 e. The number of piperidine rings is 1. The van der Waals surface area contributed by atoms with E-state index in [0.717, 1.165) is 37.1 Å². The number of likely N-dealkylation sites (tertiary alicyclic amines) is 1. The van der Waals surface area contributed by atoms with Gasteiger partial charge in [0.1, 0.15) is 0 Å². The number of carbonyl (C=O) groups is 1. The quantitative estimate of drug-likeness (QED) is 0.906. The molecule has 1 saturated heterocycles. The molecule has 1 aromatic rings. The Kier molecular flexibility index (Phi) is 4.25. The molecule has 3 heteroatoms. The summed E-state index contributed by atoms with van der Waals surface area (Å²) in [6, 6.07) is 8.02. The molecule has 1 amide bonds. The van der Waals surface area contributed by atoms with Crippen LogP contribution in [0, 0.1) is 5.41 Å². The lowest BCUT2D eigenvalue weighted by molar-refractivity contribution is -0.132. The highest BCUT2D eigenvalue weighted by Crippen LogP contribution is 2.29. The number of hydrogen-bond donors (Lipinski definition) is 1. The van der Waals surface area contributed by atoms with Crippen LogP contribution in [-0.4, -0.2) is 23.9 Å². The minimum absolute atomic E-state index is 0.246. The lowest BCUT2D eigenvalue weighted by Gasteiger charge is -2.37. The number of nitrogens with zero attached hydrogens (tertiary/aromatic N) is 1. The molecular weight excluding hydrogens is 236 g/mol. The summed E-state index contributed by atoms with van der Waals surface area (Å²) >= 11 is 0. The lowest BCUT2D eigenvalue weighted by Crippen LogP contribution is -2.41. The van der Waals surface area contributed by atoms with E-state index in [-0.39, 0.29) is 5.91 Å². The Bertz CT molecular complexity index is 427. The fraction of sp³-hybridized carbons (Fsp3) is 0.562. The van der Waals surface area contributed by atoms with E-state index in [9.17, 15) is 4.79 Å². The summed E-state index contributed by atoms with van der Waals surface area (Å²) in [4.78, 5) is 14.2. The Balaban J connectivity index is 1.90. The standard InChI is InChI=1S/C16H24N2O/c1-16(2)7-9-18(10-8-16)15(19)11-13-3-5-14(12-17)6-4-13/h3-6H,7-12,17H2,1-2H3. The van der Waals surface area contributed by atoms with Gasteiger partial charge in [0.25, 0.3) is 0 Å². The van der Waals surface area contributed by atoms with Gasteiger partial charge in [-0.2, -0.15) is 0 Å². The molecule has 2 rings (SSSR count). The van der Waals surface area contributed by atoms with E-state index in [1.54, 1.807) is 0 Å². The Morgan fingerprint density at radius 2 is 1.68 bits per heavy atom. The van der Waals surface area contributed by atoms with Gasteiger partial charge in [-0.15, -0.1) is 0 Å². The SMILES string of the molecule is CC1(C)CCN(C(=O)Cc2ccc(CN)cc2)CC1. The molecule has 0 bridgehead atoms. The van der Waals surface area contributed by atoms with Crippen molar-refractivity contribution < 1.29 is 4.79 Å². The number of amides is 1. The topological polar surface area (TPSA) is 46.3 Å². The molecule has 1 fully saturated rings. The van der Waals surface area contributed by atoms with E-state index in [2.05, 4.69) is 13.8 Å². The first-order valence-electron chi connectivity index (χ1n) is 7.06. The second-order valence-electron chi connectivity index (χ2n) is 6.24. The number of benzene rings is 1. The van der Waals surface area contributed by atoms with Crippen LogP contribution in [0.2, 0.25) is 0 Å². The van der Waals surface area contributed by atoms with E-state index < -0.39 is 0 Å². The molecular formula is C16H24N2O. The van der Waals surface area contributed by atoms with Gasteiger partial charge < -0.3 is 10.6 Å². The van der Waals surface area contributed by atoms with Crippen LogP contribution in [0.4, 0.5) is 0 Å². The van der Waals surface area contributed by atoms with Crippen LogP contribution >= 0.6 is 0 Å². The first-order chi connectivity index (χ1) is 9.00. The van der Waals surface area contributed by atoms with Crippen molar-refractivity contribution in [2.45, 2.75) is 39.7 Å². The van der Waals surface area contributed by atoms with Crippen LogP contribution in [-0.2, 0) is 17.8 Å². The van der Waals surface area contributed by atoms with Crippen molar-refractivity contribution in [1.82, 2.24) is 4.90 Å². The third kappa shape index (κ3) is 3.80. The molecule has 0 radical (unpaired) electrons. The van der Waals surface area contributed by atoms with Gasteiger partial charge in [0, 0.05) is 19.6 Å². The van der Waals surface area contributed by atoms with Crippen LogP contribution in [0.25, 0.3) is 0 Å². The summed E-state index contributed by atoms with van der Waals surface area (Å²) in [5.41, 5.74) is 8.14. The van der Waals surface area contributed by atoms with Gasteiger partial charge in [0.05, 0.1) is 6.42 Å². The average Bonchev–Trinajstić information content (AvgIpc) is 2.39. The molecule has 0 spiro atoms. The van der Waals surface area contributed by atoms with Crippen molar-refractivity contribution in [3.63, 3.8) is 0 Å². The third-order valence-electron chi connectivity index (χ3n) is 4.08. The summed E-state index contributed by atoms with van der Waals surface area (Å²) in [7, 11) is 0. The van der Waals surface area contributed by atoms with Gasteiger partial charge in [-0.05, 0) is 29.4 Å². The molecule has 1 aliphatic heterocycles. The predicted octanol–water partition coefficient (Wildman–Crippen LogP) is 2.34. The minimum atomic E-state index is 0.246. The summed E-state index contributed by atoms with van der Waals surface area (Å²) in [6.45, 7) is 6.90. The average molecular weight is 260 g/mol. The van der Waals surface area contributed by atoms with E-state index >= 15 is 0 Å². The van der Waals surface area contributed by atoms with Crippen molar-refractivity contribution in [1.29, 1.82) is 0 Å². The fourth-order valence-corrected chi connectivity index (χ4v) is 2.44. The van der Waals surface area contributed by atoms with Crippen LogP contribution in [0.3, 0.4) is 0 Å². The van der Waals surface area contributed by atoms with Crippen LogP contribution in [0.5, 0.6) is 0 Å². The number of rotatable bonds is 3. The van der Waals surface area contributed by atoms with E-state index in [0.29, 0.717) is 18.4 Å². The highest BCUT2D eigenvalue weighted by molar-refractivity contribution is 5.78. The van der Waals surface area contributed by atoms with Gasteiger partial charge in [-0.3, -0.25) is 4.79 Å². The summed E-state index contributed by atoms with van der Waals surface area (Å²) in [6.07, 6.45) is 2.71. The molecule has 1 heterocycles. The number of carbonyl (C=O) groups excluding carboxylic acids is 1. The molecule has 0 atom stereocenters. The normalized spacial score (nSPS) is 18.4. The second kappa shape index (κ2) is 5.74. The van der Waals surface area contributed by atoms with Crippen molar-refractivity contribution in [3.8, 4) is 0 Å². The largest absolute Gasteiger partial charge is 0.342 e. The third-order valence-corrected chi connectivity index (χ3v) is 4.08. The van der Waals surface area contributed by atoms with Crippen LogP contribution in [0.1, 0.15) is 37.8 Å². The summed E-state index contributed by atoms with van der Waals surface area (Å²) in [5, 5.41) is 0. The van der Waals surface area contributed by atoms with Crippen molar-refractivity contribution >= 4 is 5.91 Å². The zero-order valence-corrected chi connectivity index (χ0v) is 12.0. The Hall–Kier alpha value is -1.35. The van der Waals surface area contributed by atoms with Gasteiger partial charge in [0.15, 0.2) is 0 Å². The predicted molar refractivity (Wildman–Crippen MR) is 77.6 cm³/mol. The molecule has 0 aliphatic carbocycles. The highest BCUT2D eigenvalue weighted by Gasteiger charge is 2.27. The Morgan fingerprint density at radius 1 is 1.16 bits per heavy atom. The maximum Gasteiger partial charge on any atom is 0.226 e. The number of nitrogens with two attached hydrogens (primary N) is 1. The Labute approximate surface area is 115 Å². The zero-order valence-electron chi connectivity index (χ0n) is 12.0. The second-order valence-corrected chi connectivity index (χ2v) is 6.24. The van der Waals surface area contributed by atoms with Crippen LogP contribution in [0.15, 0.2) is 24.3 Å². The van der Waals surface area contributed by atoms with E-state index in [1.165, 1.54) is 0 Å². The summed E-state index contributed by atoms with van der Waals surface area (Å²) < 4.78 is 0. The molecule has 1 aliphatic rings. The lowest BCUT2D eigenvalue weighted by atomic mass is 9.82. The first kappa shape index (κ1) is 14.1. The maximum absolute atomic E-state index is 12.2. The molecule has 19 heavy (non-hydrogen) atoms. The fourth-order valence-electron chi connectivity index (χ4n) is 2.44. The van der Waals surface area contributed by atoms with Crippen molar-refractivity contribution in [3.05, 3.63) is 35.4 Å². The van der Waals surface area contributed by atoms with Gasteiger partial charge >= 0.3 is 0 Å². The van der Waals surface area contributed by atoms with E-state index in [1.807, 2.05) is 29.2 Å². The Morgan fingerprint density at radius 3 is 2.21 bits per heavy atom. The number of hydrogen-bond acceptors (Lipinski definition) is 2. The first-order valence-corrected chi connectivity index (χ1v) is 7.06. The van der Waals surface area contributed by atoms with Crippen LogP contribution < -0.4 is 5.73 Å². The van der Waals surface area contributed by atoms with Gasteiger partial charge in [0.2, 0.25) is 5.91 Å². The molecule has 2 N–H and O–H groups in total. The van der Waals surface area contributed by atoms with E-state index in [4.69, 9.17) is 5.73 Å². The molecule has 0 saturated carbocycles. The summed E-state index contributed by atoms with van der Waals surface area (Å²) in [5.74, 6) is 0.246. The maximum atomic E-state index is 12.2. The monoisotopic (exact) mass is 260 g/mol. The van der Waals surface area contributed by atoms with Crippen molar-refractivity contribution in [2.75, 3.05) is 13.1 Å². The van der Waals surface area contributed by atoms with Gasteiger partial charge in [-0.25, -0.2) is 0 Å². The van der Waals surface area contributed by atoms with Crippen molar-refractivity contribution in [2.24, 2.45) is 11.1 Å². The van der Waals surface area contributed by atoms with Gasteiger partial charge in [-0.1, -0.05) is 38.1 Å². The molecule has 1 aromatic carbocycles. The zero-order chi connectivity index (χ0) is 13.9. The molecule has 0 unspecified atom stereocenters. The molecule has 3 nitrogen and oxygen atoms in total. The molecule has 104 valence electrons. The molecule has 0 aromatic heterocycles. The highest BCUT2D eigenvalue weighted by atomic mass is 16.2. The minimum Gasteiger partial charge on any atom is -0.342 e.